The van der Waals surface area contributed by atoms with E-state index in [-0.39, 0.29) is 11.6 Å². The molecule has 2 aromatic rings. The van der Waals surface area contributed by atoms with Crippen molar-refractivity contribution < 1.29 is 4.79 Å². The number of amides is 1. The molecule has 1 amide bonds. The van der Waals surface area contributed by atoms with Crippen molar-refractivity contribution in [3.8, 4) is 0 Å². The van der Waals surface area contributed by atoms with Crippen LogP contribution in [0.2, 0.25) is 0 Å². The molecule has 0 aromatic carbocycles. The third-order valence-electron chi connectivity index (χ3n) is 2.12. The van der Waals surface area contributed by atoms with Crippen LogP contribution in [0.15, 0.2) is 29.0 Å². The summed E-state index contributed by atoms with van der Waals surface area (Å²) < 4.78 is 2.22. The Labute approximate surface area is 112 Å². The molecular formula is C10H11BrN6O. The number of anilines is 1. The highest BCUT2D eigenvalue weighted by atomic mass is 79.9. The molecule has 0 spiro atoms. The van der Waals surface area contributed by atoms with Gasteiger partial charge in [0.25, 0.3) is 5.91 Å². The van der Waals surface area contributed by atoms with Crippen LogP contribution < -0.4 is 11.1 Å². The monoisotopic (exact) mass is 310 g/mol. The Kier molecular flexibility index (Phi) is 4.00. The SMILES string of the molecule is NCCn1cc(C(=O)Nc2ncccc2Br)nn1. The first-order valence-corrected chi connectivity index (χ1v) is 6.02. The van der Waals surface area contributed by atoms with E-state index in [0.717, 1.165) is 0 Å². The maximum atomic E-state index is 11.9. The average Bonchev–Trinajstić information content (AvgIpc) is 2.81. The largest absolute Gasteiger partial charge is 0.329 e. The fraction of sp³-hybridized carbons (Fsp3) is 0.200. The number of aromatic nitrogens is 4. The first-order valence-electron chi connectivity index (χ1n) is 5.23. The minimum absolute atomic E-state index is 0.223. The van der Waals surface area contributed by atoms with Crippen molar-refractivity contribution in [3.63, 3.8) is 0 Å². The van der Waals surface area contributed by atoms with Crippen molar-refractivity contribution in [3.05, 3.63) is 34.7 Å². The number of hydrogen-bond acceptors (Lipinski definition) is 5. The third kappa shape index (κ3) is 2.90. The van der Waals surface area contributed by atoms with Crippen LogP contribution in [0.1, 0.15) is 10.5 Å². The van der Waals surface area contributed by atoms with Crippen LogP contribution in [0.4, 0.5) is 5.82 Å². The van der Waals surface area contributed by atoms with Gasteiger partial charge in [-0.3, -0.25) is 9.48 Å². The first kappa shape index (κ1) is 12.7. The van der Waals surface area contributed by atoms with Gasteiger partial charge in [-0.05, 0) is 28.1 Å². The molecule has 7 nitrogen and oxygen atoms in total. The van der Waals surface area contributed by atoms with Crippen LogP contribution >= 0.6 is 15.9 Å². The second-order valence-corrected chi connectivity index (χ2v) is 4.30. The van der Waals surface area contributed by atoms with Gasteiger partial charge in [0.05, 0.1) is 17.2 Å². The van der Waals surface area contributed by atoms with E-state index in [1.54, 1.807) is 24.5 Å². The van der Waals surface area contributed by atoms with E-state index >= 15 is 0 Å². The summed E-state index contributed by atoms with van der Waals surface area (Å²) in [6.45, 7) is 0.962. The summed E-state index contributed by atoms with van der Waals surface area (Å²) >= 11 is 3.29. The minimum Gasteiger partial charge on any atom is -0.329 e. The van der Waals surface area contributed by atoms with E-state index in [2.05, 4.69) is 36.5 Å². The Balaban J connectivity index is 2.10. The molecule has 0 aliphatic heterocycles. The normalized spacial score (nSPS) is 10.3. The van der Waals surface area contributed by atoms with Gasteiger partial charge in [-0.25, -0.2) is 4.98 Å². The Morgan fingerprint density at radius 1 is 1.56 bits per heavy atom. The summed E-state index contributed by atoms with van der Waals surface area (Å²) in [5.74, 6) is 0.0774. The maximum absolute atomic E-state index is 11.9. The zero-order chi connectivity index (χ0) is 13.0. The van der Waals surface area contributed by atoms with Gasteiger partial charge < -0.3 is 11.1 Å². The van der Waals surface area contributed by atoms with E-state index in [4.69, 9.17) is 5.73 Å². The van der Waals surface area contributed by atoms with E-state index in [1.807, 2.05) is 0 Å². The Morgan fingerprint density at radius 2 is 2.39 bits per heavy atom. The van der Waals surface area contributed by atoms with E-state index in [1.165, 1.54) is 4.68 Å². The molecule has 94 valence electrons. The quantitative estimate of drug-likeness (QED) is 0.863. The fourth-order valence-electron chi connectivity index (χ4n) is 1.29. The molecule has 0 aliphatic rings. The summed E-state index contributed by atoms with van der Waals surface area (Å²) in [7, 11) is 0. The Bertz CT molecular complexity index is 555. The van der Waals surface area contributed by atoms with Gasteiger partial charge in [0.1, 0.15) is 5.82 Å². The zero-order valence-corrected chi connectivity index (χ0v) is 11.0. The maximum Gasteiger partial charge on any atom is 0.279 e. The van der Waals surface area contributed by atoms with Crippen LogP contribution in [0, 0.1) is 0 Å². The number of rotatable bonds is 4. The molecular weight excluding hydrogens is 300 g/mol. The van der Waals surface area contributed by atoms with Gasteiger partial charge in [-0.2, -0.15) is 0 Å². The van der Waals surface area contributed by atoms with Gasteiger partial charge in [0, 0.05) is 12.7 Å². The zero-order valence-electron chi connectivity index (χ0n) is 9.38. The average molecular weight is 311 g/mol. The van der Waals surface area contributed by atoms with Crippen molar-refractivity contribution in [2.45, 2.75) is 6.54 Å². The summed E-state index contributed by atoms with van der Waals surface area (Å²) in [5.41, 5.74) is 5.61. The third-order valence-corrected chi connectivity index (χ3v) is 2.76. The Hall–Kier alpha value is -1.80. The van der Waals surface area contributed by atoms with E-state index < -0.39 is 0 Å². The van der Waals surface area contributed by atoms with E-state index in [9.17, 15) is 4.79 Å². The number of hydrogen-bond donors (Lipinski definition) is 2. The minimum atomic E-state index is -0.363. The molecule has 18 heavy (non-hydrogen) atoms. The van der Waals surface area contributed by atoms with Crippen LogP contribution in [0.5, 0.6) is 0 Å². The number of nitrogens with two attached hydrogens (primary N) is 1. The van der Waals surface area contributed by atoms with Crippen LogP contribution in [0.3, 0.4) is 0 Å². The number of halogens is 1. The summed E-state index contributed by atoms with van der Waals surface area (Å²) in [5, 5.41) is 10.2. The fourth-order valence-corrected chi connectivity index (χ4v) is 1.65. The van der Waals surface area contributed by atoms with Crippen molar-refractivity contribution in [2.24, 2.45) is 5.73 Å². The van der Waals surface area contributed by atoms with Crippen molar-refractivity contribution >= 4 is 27.7 Å². The molecule has 3 N–H and O–H groups in total. The van der Waals surface area contributed by atoms with Gasteiger partial charge >= 0.3 is 0 Å². The van der Waals surface area contributed by atoms with Gasteiger partial charge in [-0.15, -0.1) is 5.10 Å². The molecule has 2 aromatic heterocycles. The van der Waals surface area contributed by atoms with Crippen molar-refractivity contribution in [1.82, 2.24) is 20.0 Å². The number of nitrogens with zero attached hydrogens (tertiary/aromatic N) is 4. The molecule has 2 rings (SSSR count). The number of carbonyl (C=O) groups excluding carboxylic acids is 1. The molecule has 0 atom stereocenters. The molecule has 0 saturated carbocycles. The molecule has 0 aliphatic carbocycles. The van der Waals surface area contributed by atoms with Gasteiger partial charge in [-0.1, -0.05) is 5.21 Å². The van der Waals surface area contributed by atoms with Gasteiger partial charge in [0.2, 0.25) is 0 Å². The molecule has 0 fully saturated rings. The predicted molar refractivity (Wildman–Crippen MR) is 69.0 cm³/mol. The van der Waals surface area contributed by atoms with Crippen LogP contribution in [0.25, 0.3) is 0 Å². The first-order chi connectivity index (χ1) is 8.70. The molecule has 0 bridgehead atoms. The lowest BCUT2D eigenvalue weighted by Crippen LogP contribution is -2.14. The standard InChI is InChI=1S/C10H11BrN6O/c11-7-2-1-4-13-9(7)14-10(18)8-6-17(5-3-12)16-15-8/h1-2,4,6H,3,5,12H2,(H,13,14,18). The second kappa shape index (κ2) is 5.69. The highest BCUT2D eigenvalue weighted by Crippen LogP contribution is 2.18. The molecule has 8 heteroatoms. The van der Waals surface area contributed by atoms with Crippen molar-refractivity contribution in [2.75, 3.05) is 11.9 Å². The summed E-state index contributed by atoms with van der Waals surface area (Å²) in [6, 6.07) is 3.55. The number of pyridine rings is 1. The van der Waals surface area contributed by atoms with E-state index in [0.29, 0.717) is 23.4 Å². The molecule has 0 radical (unpaired) electrons. The lowest BCUT2D eigenvalue weighted by Gasteiger charge is -2.03. The molecule has 2 heterocycles. The van der Waals surface area contributed by atoms with Gasteiger partial charge in [0.15, 0.2) is 5.69 Å². The predicted octanol–water partition coefficient (Wildman–Crippen LogP) is 0.647. The summed E-state index contributed by atoms with van der Waals surface area (Å²) in [6.07, 6.45) is 3.13. The topological polar surface area (TPSA) is 98.7 Å². The number of carbonyl (C=O) groups is 1. The molecule has 0 unspecified atom stereocenters. The molecule has 0 saturated heterocycles. The highest BCUT2D eigenvalue weighted by Gasteiger charge is 2.12. The van der Waals surface area contributed by atoms with Crippen LogP contribution in [-0.2, 0) is 6.54 Å². The van der Waals surface area contributed by atoms with Crippen molar-refractivity contribution in [1.29, 1.82) is 0 Å². The smallest absolute Gasteiger partial charge is 0.279 e. The van der Waals surface area contributed by atoms with Crippen LogP contribution in [-0.4, -0.2) is 32.4 Å². The highest BCUT2D eigenvalue weighted by molar-refractivity contribution is 9.10. The Morgan fingerprint density at radius 3 is 3.11 bits per heavy atom. The lowest BCUT2D eigenvalue weighted by atomic mass is 10.4. The summed E-state index contributed by atoms with van der Waals surface area (Å²) in [4.78, 5) is 15.9. The lowest BCUT2D eigenvalue weighted by molar-refractivity contribution is 0.102. The second-order valence-electron chi connectivity index (χ2n) is 3.44. The number of nitrogens with one attached hydrogen (secondary N) is 1.